The van der Waals surface area contributed by atoms with Crippen LogP contribution < -0.4 is 5.32 Å². The molecule has 2 heterocycles. The van der Waals surface area contributed by atoms with Crippen LogP contribution in [-0.4, -0.2) is 35.4 Å². The number of nitrogens with zero attached hydrogens (tertiary/aromatic N) is 1. The van der Waals surface area contributed by atoms with Gasteiger partial charge >= 0.3 is 5.97 Å². The van der Waals surface area contributed by atoms with Crippen LogP contribution in [0.25, 0.3) is 11.0 Å². The molecule has 0 bridgehead atoms. The highest BCUT2D eigenvalue weighted by atomic mass is 16.5. The Kier molecular flexibility index (Phi) is 5.53. The van der Waals surface area contributed by atoms with E-state index >= 15 is 0 Å². The van der Waals surface area contributed by atoms with Gasteiger partial charge < -0.3 is 19.8 Å². The van der Waals surface area contributed by atoms with Gasteiger partial charge in [0.25, 0.3) is 0 Å². The Balaban J connectivity index is 2.02. The summed E-state index contributed by atoms with van der Waals surface area (Å²) >= 11 is 0. The Bertz CT molecular complexity index is 848. The number of anilines is 1. The minimum Gasteiger partial charge on any atom is -0.461 e. The lowest BCUT2D eigenvalue weighted by atomic mass is 9.71. The zero-order chi connectivity index (χ0) is 19.6. The third-order valence-electron chi connectivity index (χ3n) is 5.40. The number of pyridine rings is 1. The van der Waals surface area contributed by atoms with E-state index in [9.17, 15) is 9.59 Å². The second-order valence-electron chi connectivity index (χ2n) is 8.27. The third-order valence-corrected chi connectivity index (χ3v) is 5.40. The van der Waals surface area contributed by atoms with E-state index < -0.39 is 5.97 Å². The van der Waals surface area contributed by atoms with E-state index in [4.69, 9.17) is 9.72 Å². The molecule has 0 fully saturated rings. The van der Waals surface area contributed by atoms with Crippen molar-refractivity contribution in [3.8, 4) is 0 Å². The van der Waals surface area contributed by atoms with E-state index in [1.807, 2.05) is 0 Å². The Morgan fingerprint density at radius 1 is 1.44 bits per heavy atom. The van der Waals surface area contributed by atoms with Gasteiger partial charge in [-0.2, -0.15) is 0 Å². The van der Waals surface area contributed by atoms with Gasteiger partial charge in [-0.05, 0) is 49.1 Å². The molecule has 27 heavy (non-hydrogen) atoms. The maximum atomic E-state index is 12.4. The maximum absolute atomic E-state index is 12.4. The van der Waals surface area contributed by atoms with Crippen LogP contribution >= 0.6 is 0 Å². The molecule has 0 saturated heterocycles. The van der Waals surface area contributed by atoms with Crippen LogP contribution in [0.15, 0.2) is 6.07 Å². The van der Waals surface area contributed by atoms with Crippen molar-refractivity contribution >= 4 is 29.0 Å². The van der Waals surface area contributed by atoms with Crippen molar-refractivity contribution in [2.45, 2.75) is 53.4 Å². The lowest BCUT2D eigenvalue weighted by Crippen LogP contribution is -2.27. The summed E-state index contributed by atoms with van der Waals surface area (Å²) in [6.07, 6.45) is 4.30. The number of H-pyrrole nitrogens is 1. The Morgan fingerprint density at radius 3 is 2.89 bits per heavy atom. The number of hydrogen-bond acceptors (Lipinski definition) is 5. The van der Waals surface area contributed by atoms with Crippen LogP contribution in [0.4, 0.5) is 5.69 Å². The topological polar surface area (TPSA) is 84.1 Å². The summed E-state index contributed by atoms with van der Waals surface area (Å²) in [6, 6.07) is 2.13. The van der Waals surface area contributed by atoms with Gasteiger partial charge in [0.1, 0.15) is 11.8 Å². The SMILES string of the molecule is CCOC(=O)c1[nH]c2cc3c(nc2c1NCCC=O)CCC(C(C)(C)C)C3. The van der Waals surface area contributed by atoms with Gasteiger partial charge in [0.2, 0.25) is 0 Å². The monoisotopic (exact) mass is 371 g/mol. The fourth-order valence-corrected chi connectivity index (χ4v) is 3.79. The highest BCUT2D eigenvalue weighted by Gasteiger charge is 2.30. The van der Waals surface area contributed by atoms with E-state index in [-0.39, 0.29) is 5.41 Å². The molecule has 146 valence electrons. The summed E-state index contributed by atoms with van der Waals surface area (Å²) in [5, 5.41) is 3.19. The highest BCUT2D eigenvalue weighted by molar-refractivity contribution is 6.04. The molecule has 6 nitrogen and oxygen atoms in total. The fourth-order valence-electron chi connectivity index (χ4n) is 3.79. The number of esters is 1. The standard InChI is InChI=1S/C21H29N3O3/c1-5-27-20(26)19-18(22-9-6-10-25)17-16(24-19)12-13-11-14(21(2,3)4)7-8-15(13)23-17/h10,12,14,22,24H,5-9,11H2,1-4H3. The number of aromatic amines is 1. The Morgan fingerprint density at radius 2 is 2.22 bits per heavy atom. The number of hydrogen-bond donors (Lipinski definition) is 2. The van der Waals surface area contributed by atoms with Crippen molar-refractivity contribution in [3.63, 3.8) is 0 Å². The summed E-state index contributed by atoms with van der Waals surface area (Å²) in [7, 11) is 0. The number of aromatic nitrogens is 2. The summed E-state index contributed by atoms with van der Waals surface area (Å²) in [5.41, 5.74) is 5.21. The predicted octanol–water partition coefficient (Wildman–Crippen LogP) is 3.89. The van der Waals surface area contributed by atoms with Crippen molar-refractivity contribution in [1.29, 1.82) is 0 Å². The molecular weight excluding hydrogens is 342 g/mol. The molecular formula is C21H29N3O3. The van der Waals surface area contributed by atoms with Crippen molar-refractivity contribution in [2.75, 3.05) is 18.5 Å². The molecule has 2 aromatic heterocycles. The molecule has 2 aromatic rings. The van der Waals surface area contributed by atoms with Gasteiger partial charge in [0.15, 0.2) is 5.69 Å². The van der Waals surface area contributed by atoms with E-state index in [0.29, 0.717) is 36.9 Å². The first-order valence-corrected chi connectivity index (χ1v) is 9.74. The molecule has 1 unspecified atom stereocenters. The zero-order valence-corrected chi connectivity index (χ0v) is 16.6. The minimum absolute atomic E-state index is 0.264. The highest BCUT2D eigenvalue weighted by Crippen LogP contribution is 2.38. The van der Waals surface area contributed by atoms with Crippen LogP contribution in [-0.2, 0) is 22.4 Å². The molecule has 0 radical (unpaired) electrons. The number of carbonyl (C=O) groups excluding carboxylic acids is 2. The van der Waals surface area contributed by atoms with Crippen molar-refractivity contribution < 1.29 is 14.3 Å². The van der Waals surface area contributed by atoms with Gasteiger partial charge in [-0.15, -0.1) is 0 Å². The second kappa shape index (κ2) is 7.71. The van der Waals surface area contributed by atoms with Crippen molar-refractivity contribution in [1.82, 2.24) is 9.97 Å². The van der Waals surface area contributed by atoms with Gasteiger partial charge in [0.05, 0.1) is 17.8 Å². The van der Waals surface area contributed by atoms with Gasteiger partial charge in [0, 0.05) is 18.7 Å². The number of rotatable bonds is 6. The molecule has 3 rings (SSSR count). The molecule has 2 N–H and O–H groups in total. The predicted molar refractivity (Wildman–Crippen MR) is 106 cm³/mol. The average molecular weight is 371 g/mol. The number of fused-ring (bicyclic) bond motifs is 2. The molecule has 0 saturated carbocycles. The number of ether oxygens (including phenoxy) is 1. The molecule has 1 aliphatic carbocycles. The van der Waals surface area contributed by atoms with E-state index in [2.05, 4.69) is 37.1 Å². The molecule has 0 aromatic carbocycles. The molecule has 1 atom stereocenters. The van der Waals surface area contributed by atoms with Crippen LogP contribution in [0.1, 0.15) is 62.3 Å². The van der Waals surface area contributed by atoms with Crippen LogP contribution in [0.3, 0.4) is 0 Å². The van der Waals surface area contributed by atoms with Crippen LogP contribution in [0.5, 0.6) is 0 Å². The minimum atomic E-state index is -0.408. The number of aryl methyl sites for hydroxylation is 1. The van der Waals surface area contributed by atoms with Crippen LogP contribution in [0, 0.1) is 11.3 Å². The fraction of sp³-hybridized carbons (Fsp3) is 0.571. The van der Waals surface area contributed by atoms with E-state index in [1.165, 1.54) is 5.56 Å². The molecule has 1 aliphatic rings. The first-order chi connectivity index (χ1) is 12.8. The lowest BCUT2D eigenvalue weighted by molar-refractivity contribution is -0.107. The Hall–Kier alpha value is -2.37. The lowest BCUT2D eigenvalue weighted by Gasteiger charge is -2.34. The number of nitrogens with one attached hydrogen (secondary N) is 2. The molecule has 0 amide bonds. The largest absolute Gasteiger partial charge is 0.461 e. The van der Waals surface area contributed by atoms with Gasteiger partial charge in [-0.25, -0.2) is 9.78 Å². The van der Waals surface area contributed by atoms with E-state index in [0.717, 1.165) is 42.3 Å². The summed E-state index contributed by atoms with van der Waals surface area (Å²) in [5.74, 6) is 0.212. The zero-order valence-electron chi connectivity index (χ0n) is 16.6. The maximum Gasteiger partial charge on any atom is 0.357 e. The van der Waals surface area contributed by atoms with Gasteiger partial charge in [-0.3, -0.25) is 0 Å². The third kappa shape index (κ3) is 3.99. The number of carbonyl (C=O) groups is 2. The molecule has 0 spiro atoms. The quantitative estimate of drug-likeness (QED) is 0.457. The van der Waals surface area contributed by atoms with Crippen molar-refractivity contribution in [2.24, 2.45) is 11.3 Å². The van der Waals surface area contributed by atoms with Gasteiger partial charge in [-0.1, -0.05) is 20.8 Å². The summed E-state index contributed by atoms with van der Waals surface area (Å²) in [4.78, 5) is 31.1. The molecule has 0 aliphatic heterocycles. The van der Waals surface area contributed by atoms with E-state index in [1.54, 1.807) is 6.92 Å². The normalized spacial score (nSPS) is 16.8. The van der Waals surface area contributed by atoms with Crippen molar-refractivity contribution in [3.05, 3.63) is 23.0 Å². The Labute approximate surface area is 160 Å². The van der Waals surface area contributed by atoms with Crippen LogP contribution in [0.2, 0.25) is 0 Å². The summed E-state index contributed by atoms with van der Waals surface area (Å²) < 4.78 is 5.18. The second-order valence-corrected chi connectivity index (χ2v) is 8.27. The average Bonchev–Trinajstić information content (AvgIpc) is 2.97. The first-order valence-electron chi connectivity index (χ1n) is 9.74. The smallest absolute Gasteiger partial charge is 0.357 e. The number of aldehydes is 1. The summed E-state index contributed by atoms with van der Waals surface area (Å²) in [6.45, 7) is 9.40. The first kappa shape index (κ1) is 19.4. The molecule has 6 heteroatoms.